The van der Waals surface area contributed by atoms with Crippen molar-refractivity contribution in [2.75, 3.05) is 6.54 Å². The standard InChI is InChI=1S/C17H28N2O4/c1-12(9-14(3)20)18-11-16(7-5-6-8-17(22)23)19-13(2)10-15(4)21/h16H,5-11H2,1-4H3,(H,22,23). The van der Waals surface area contributed by atoms with Crippen LogP contribution < -0.4 is 0 Å². The first-order valence-corrected chi connectivity index (χ1v) is 7.94. The van der Waals surface area contributed by atoms with Gasteiger partial charge in [0.05, 0.1) is 12.6 Å². The van der Waals surface area contributed by atoms with Gasteiger partial charge in [0.25, 0.3) is 0 Å². The highest BCUT2D eigenvalue weighted by Gasteiger charge is 2.09. The monoisotopic (exact) mass is 324 g/mol. The molecule has 0 heterocycles. The van der Waals surface area contributed by atoms with Gasteiger partial charge in [-0.1, -0.05) is 6.42 Å². The van der Waals surface area contributed by atoms with E-state index in [9.17, 15) is 14.4 Å². The number of aliphatic imine (C=N–C) groups is 2. The minimum atomic E-state index is -0.798. The van der Waals surface area contributed by atoms with Crippen LogP contribution in [0.3, 0.4) is 0 Å². The molecule has 1 unspecified atom stereocenters. The van der Waals surface area contributed by atoms with Crippen molar-refractivity contribution < 1.29 is 19.5 Å². The fraction of sp³-hybridized carbons (Fsp3) is 0.706. The molecule has 0 bridgehead atoms. The second-order valence-electron chi connectivity index (χ2n) is 5.99. The lowest BCUT2D eigenvalue weighted by molar-refractivity contribution is -0.137. The van der Waals surface area contributed by atoms with E-state index in [2.05, 4.69) is 9.98 Å². The predicted octanol–water partition coefficient (Wildman–Crippen LogP) is 2.88. The second-order valence-corrected chi connectivity index (χ2v) is 5.99. The molecule has 130 valence electrons. The minimum Gasteiger partial charge on any atom is -0.481 e. The summed E-state index contributed by atoms with van der Waals surface area (Å²) in [5, 5.41) is 8.66. The van der Waals surface area contributed by atoms with Crippen molar-refractivity contribution in [1.82, 2.24) is 0 Å². The maximum atomic E-state index is 11.1. The first kappa shape index (κ1) is 21.1. The highest BCUT2D eigenvalue weighted by atomic mass is 16.4. The molecular formula is C17H28N2O4. The third-order valence-corrected chi connectivity index (χ3v) is 3.16. The first-order valence-electron chi connectivity index (χ1n) is 7.94. The molecule has 0 aliphatic carbocycles. The smallest absolute Gasteiger partial charge is 0.303 e. The molecule has 1 atom stereocenters. The molecule has 6 nitrogen and oxygen atoms in total. The van der Waals surface area contributed by atoms with Crippen molar-refractivity contribution in [3.05, 3.63) is 0 Å². The van der Waals surface area contributed by atoms with Gasteiger partial charge in [0.15, 0.2) is 0 Å². The number of carbonyl (C=O) groups excluding carboxylic acids is 2. The summed E-state index contributed by atoms with van der Waals surface area (Å²) in [4.78, 5) is 41.7. The summed E-state index contributed by atoms with van der Waals surface area (Å²) in [6.07, 6.45) is 2.87. The zero-order valence-corrected chi connectivity index (χ0v) is 14.6. The Kier molecular flexibility index (Phi) is 10.7. The van der Waals surface area contributed by atoms with E-state index in [-0.39, 0.29) is 24.0 Å². The minimum absolute atomic E-state index is 0.0622. The molecule has 0 aliphatic rings. The summed E-state index contributed by atoms with van der Waals surface area (Å²) in [6.45, 7) is 7.14. The van der Waals surface area contributed by atoms with E-state index >= 15 is 0 Å². The molecule has 0 rings (SSSR count). The Balaban J connectivity index is 4.68. The zero-order chi connectivity index (χ0) is 17.8. The van der Waals surface area contributed by atoms with E-state index in [4.69, 9.17) is 5.11 Å². The van der Waals surface area contributed by atoms with Crippen LogP contribution in [0, 0.1) is 0 Å². The van der Waals surface area contributed by atoms with Gasteiger partial charge >= 0.3 is 5.97 Å². The molecule has 0 saturated heterocycles. The van der Waals surface area contributed by atoms with Crippen LogP contribution in [0.1, 0.15) is 66.2 Å². The SMILES string of the molecule is CC(=O)CC(C)=NCC(CCCCC(=O)O)N=C(C)CC(C)=O. The highest BCUT2D eigenvalue weighted by molar-refractivity contribution is 6.00. The molecule has 0 fully saturated rings. The summed E-state index contributed by atoms with van der Waals surface area (Å²) in [5.41, 5.74) is 1.53. The molecule has 0 aromatic heterocycles. The third-order valence-electron chi connectivity index (χ3n) is 3.16. The van der Waals surface area contributed by atoms with Gasteiger partial charge < -0.3 is 5.11 Å². The van der Waals surface area contributed by atoms with E-state index in [0.717, 1.165) is 24.3 Å². The van der Waals surface area contributed by atoms with Crippen molar-refractivity contribution in [3.63, 3.8) is 0 Å². The third kappa shape index (κ3) is 13.5. The highest BCUT2D eigenvalue weighted by Crippen LogP contribution is 2.09. The van der Waals surface area contributed by atoms with Crippen LogP contribution in [0.2, 0.25) is 0 Å². The topological polar surface area (TPSA) is 96.2 Å². The number of aliphatic carboxylic acids is 1. The average molecular weight is 324 g/mol. The summed E-state index contributed by atoms with van der Waals surface area (Å²) in [7, 11) is 0. The number of carboxylic acids is 1. The van der Waals surface area contributed by atoms with Crippen molar-refractivity contribution >= 4 is 29.0 Å². The molecule has 1 N–H and O–H groups in total. The van der Waals surface area contributed by atoms with Crippen molar-refractivity contribution in [2.24, 2.45) is 9.98 Å². The number of carbonyl (C=O) groups is 3. The number of carboxylic acid groups (broad SMARTS) is 1. The fourth-order valence-corrected chi connectivity index (χ4v) is 2.25. The maximum absolute atomic E-state index is 11.1. The predicted molar refractivity (Wildman–Crippen MR) is 91.6 cm³/mol. The molecule has 0 aromatic rings. The Morgan fingerprint density at radius 1 is 0.913 bits per heavy atom. The lowest BCUT2D eigenvalue weighted by Crippen LogP contribution is -2.15. The normalized spacial score (nSPS) is 13.7. The van der Waals surface area contributed by atoms with Crippen LogP contribution >= 0.6 is 0 Å². The Morgan fingerprint density at radius 2 is 1.48 bits per heavy atom. The van der Waals surface area contributed by atoms with Crippen molar-refractivity contribution in [2.45, 2.75) is 72.3 Å². The van der Waals surface area contributed by atoms with Gasteiger partial charge in [-0.3, -0.25) is 24.4 Å². The maximum Gasteiger partial charge on any atom is 0.303 e. The number of hydrogen-bond acceptors (Lipinski definition) is 5. The molecule has 0 saturated carbocycles. The van der Waals surface area contributed by atoms with Gasteiger partial charge in [-0.15, -0.1) is 0 Å². The lowest BCUT2D eigenvalue weighted by atomic mass is 10.1. The molecule has 0 spiro atoms. The summed E-state index contributed by atoms with van der Waals surface area (Å²) in [5.74, 6) is -0.666. The molecular weight excluding hydrogens is 296 g/mol. The van der Waals surface area contributed by atoms with Crippen LogP contribution in [-0.2, 0) is 14.4 Å². The Labute approximate surface area is 138 Å². The molecule has 23 heavy (non-hydrogen) atoms. The van der Waals surface area contributed by atoms with E-state index in [1.807, 2.05) is 13.8 Å². The van der Waals surface area contributed by atoms with Crippen LogP contribution in [0.5, 0.6) is 0 Å². The Bertz CT molecular complexity index is 481. The zero-order valence-electron chi connectivity index (χ0n) is 14.6. The molecule has 0 aromatic carbocycles. The van der Waals surface area contributed by atoms with Crippen LogP contribution in [0.25, 0.3) is 0 Å². The van der Waals surface area contributed by atoms with Crippen LogP contribution in [-0.4, -0.2) is 46.7 Å². The van der Waals surface area contributed by atoms with Crippen LogP contribution in [0.4, 0.5) is 0 Å². The number of Topliss-reactive ketones (excluding diaryl/α,β-unsaturated/α-hetero) is 2. The number of unbranched alkanes of at least 4 members (excludes halogenated alkanes) is 1. The summed E-state index contributed by atoms with van der Waals surface area (Å²) in [6, 6.07) is -0.0787. The van der Waals surface area contributed by atoms with Gasteiger partial charge in [-0.2, -0.15) is 0 Å². The summed E-state index contributed by atoms with van der Waals surface area (Å²) >= 11 is 0. The van der Waals surface area contributed by atoms with Gasteiger partial charge in [0, 0.05) is 30.7 Å². The average Bonchev–Trinajstić information content (AvgIpc) is 2.38. The molecule has 6 heteroatoms. The number of nitrogens with zero attached hydrogens (tertiary/aromatic N) is 2. The lowest BCUT2D eigenvalue weighted by Gasteiger charge is -2.12. The molecule has 0 amide bonds. The number of ketones is 2. The van der Waals surface area contributed by atoms with Crippen LogP contribution in [0.15, 0.2) is 9.98 Å². The van der Waals surface area contributed by atoms with E-state index in [1.54, 1.807) is 0 Å². The number of rotatable bonds is 12. The molecule has 0 aliphatic heterocycles. The summed E-state index contributed by atoms with van der Waals surface area (Å²) < 4.78 is 0. The fourth-order valence-electron chi connectivity index (χ4n) is 2.25. The van der Waals surface area contributed by atoms with E-state index in [0.29, 0.717) is 25.8 Å². The van der Waals surface area contributed by atoms with Crippen molar-refractivity contribution in [3.8, 4) is 0 Å². The van der Waals surface area contributed by atoms with Crippen molar-refractivity contribution in [1.29, 1.82) is 0 Å². The van der Waals surface area contributed by atoms with E-state index in [1.165, 1.54) is 13.8 Å². The quantitative estimate of drug-likeness (QED) is 0.441. The molecule has 0 radical (unpaired) electrons. The number of hydrogen-bond donors (Lipinski definition) is 1. The largest absolute Gasteiger partial charge is 0.481 e. The van der Waals surface area contributed by atoms with Gasteiger partial charge in [-0.25, -0.2) is 0 Å². The Hall–Kier alpha value is -1.85. The van der Waals surface area contributed by atoms with Gasteiger partial charge in [-0.05, 0) is 40.5 Å². The van der Waals surface area contributed by atoms with Gasteiger partial charge in [0.2, 0.25) is 0 Å². The van der Waals surface area contributed by atoms with Gasteiger partial charge in [0.1, 0.15) is 11.6 Å². The first-order chi connectivity index (χ1) is 10.7. The Morgan fingerprint density at radius 3 is 2.00 bits per heavy atom. The van der Waals surface area contributed by atoms with E-state index < -0.39 is 5.97 Å². The second kappa shape index (κ2) is 11.7.